The van der Waals surface area contributed by atoms with Crippen LogP contribution in [0.1, 0.15) is 78.8 Å². The predicted molar refractivity (Wildman–Crippen MR) is 121 cm³/mol. The van der Waals surface area contributed by atoms with Gasteiger partial charge in [-0.1, -0.05) is 0 Å². The van der Waals surface area contributed by atoms with Crippen LogP contribution in [-0.4, -0.2) is 39.8 Å². The molecule has 2 atom stereocenters. The molecule has 2 unspecified atom stereocenters. The molecule has 3 aliphatic rings. The highest BCUT2D eigenvalue weighted by molar-refractivity contribution is 5.95. The van der Waals surface area contributed by atoms with Gasteiger partial charge in [0.2, 0.25) is 5.92 Å². The average Bonchev–Trinajstić information content (AvgIpc) is 3.37. The van der Waals surface area contributed by atoms with Crippen molar-refractivity contribution in [1.29, 1.82) is 5.26 Å². The Labute approximate surface area is 205 Å². The van der Waals surface area contributed by atoms with Crippen molar-refractivity contribution < 1.29 is 26.7 Å². The molecule has 1 saturated carbocycles. The fourth-order valence-corrected chi connectivity index (χ4v) is 6.12. The summed E-state index contributed by atoms with van der Waals surface area (Å²) in [6.45, 7) is 0.459. The van der Waals surface area contributed by atoms with Gasteiger partial charge in [-0.05, 0) is 68.9 Å². The van der Waals surface area contributed by atoms with Crippen LogP contribution in [0.5, 0.6) is 0 Å². The third-order valence-electron chi connectivity index (χ3n) is 7.90. The molecular formula is C25H28F5N5O. The number of nitrogens with zero attached hydrogens (tertiary/aromatic N) is 3. The lowest BCUT2D eigenvalue weighted by Gasteiger charge is -2.29. The van der Waals surface area contributed by atoms with E-state index >= 15 is 0 Å². The van der Waals surface area contributed by atoms with E-state index in [1.54, 1.807) is 0 Å². The molecule has 3 fully saturated rings. The Morgan fingerprint density at radius 3 is 2.42 bits per heavy atom. The van der Waals surface area contributed by atoms with E-state index in [9.17, 15) is 32.0 Å². The number of amides is 1. The van der Waals surface area contributed by atoms with Gasteiger partial charge in [-0.3, -0.25) is 9.20 Å². The van der Waals surface area contributed by atoms with Crippen molar-refractivity contribution in [3.8, 4) is 6.07 Å². The Morgan fingerprint density at radius 1 is 1.14 bits per heavy atom. The van der Waals surface area contributed by atoms with Gasteiger partial charge in [-0.15, -0.1) is 0 Å². The number of hydrogen-bond acceptors (Lipinski definition) is 4. The number of hydrogen-bond donors (Lipinski definition) is 2. The van der Waals surface area contributed by atoms with Gasteiger partial charge in [0.25, 0.3) is 5.91 Å². The van der Waals surface area contributed by atoms with Crippen molar-refractivity contribution in [1.82, 2.24) is 20.0 Å². The van der Waals surface area contributed by atoms with E-state index in [0.29, 0.717) is 24.5 Å². The van der Waals surface area contributed by atoms with Crippen LogP contribution in [0.25, 0.3) is 5.65 Å². The third-order valence-corrected chi connectivity index (χ3v) is 7.90. The highest BCUT2D eigenvalue weighted by Crippen LogP contribution is 2.40. The molecule has 6 nitrogen and oxygen atoms in total. The van der Waals surface area contributed by atoms with Crippen LogP contribution < -0.4 is 10.6 Å². The molecule has 194 valence electrons. The van der Waals surface area contributed by atoms with E-state index in [4.69, 9.17) is 0 Å². The number of carbonyl (C=O) groups excluding carboxylic acids is 1. The molecule has 2 saturated heterocycles. The summed E-state index contributed by atoms with van der Waals surface area (Å²) < 4.78 is 69.9. The van der Waals surface area contributed by atoms with E-state index in [1.165, 1.54) is 12.1 Å². The molecule has 0 aromatic carbocycles. The minimum atomic E-state index is -4.79. The van der Waals surface area contributed by atoms with Crippen LogP contribution in [-0.2, 0) is 12.6 Å². The number of alkyl halides is 5. The molecule has 0 spiro atoms. The fourth-order valence-electron chi connectivity index (χ4n) is 6.12. The zero-order chi connectivity index (χ0) is 25.7. The summed E-state index contributed by atoms with van der Waals surface area (Å²) in [6, 6.07) is 5.36. The molecule has 4 heterocycles. The highest BCUT2D eigenvalue weighted by atomic mass is 19.4. The molecule has 2 bridgehead atoms. The molecule has 2 aromatic rings. The summed E-state index contributed by atoms with van der Waals surface area (Å²) in [7, 11) is 0. The normalized spacial score (nSPS) is 26.2. The Morgan fingerprint density at radius 2 is 1.81 bits per heavy atom. The molecule has 1 aliphatic carbocycles. The summed E-state index contributed by atoms with van der Waals surface area (Å²) in [4.78, 5) is 16.6. The molecule has 36 heavy (non-hydrogen) atoms. The first kappa shape index (κ1) is 24.9. The zero-order valence-electron chi connectivity index (χ0n) is 19.7. The molecule has 1 amide bonds. The number of imidazole rings is 1. The Hall–Kier alpha value is -2.74. The van der Waals surface area contributed by atoms with Crippen LogP contribution in [0.3, 0.4) is 0 Å². The molecule has 0 radical (unpaired) electrons. The molecule has 5 rings (SSSR count). The topological polar surface area (TPSA) is 82.2 Å². The monoisotopic (exact) mass is 509 g/mol. The molecule has 2 N–H and O–H groups in total. The van der Waals surface area contributed by atoms with Crippen molar-refractivity contribution in [2.75, 3.05) is 6.54 Å². The number of fused-ring (bicyclic) bond motifs is 3. The Balaban J connectivity index is 1.40. The first-order valence-electron chi connectivity index (χ1n) is 12.5. The second-order valence-corrected chi connectivity index (χ2v) is 10.5. The van der Waals surface area contributed by atoms with E-state index in [0.717, 1.165) is 30.1 Å². The van der Waals surface area contributed by atoms with Crippen molar-refractivity contribution in [2.45, 2.75) is 82.0 Å². The van der Waals surface area contributed by atoms with Crippen LogP contribution >= 0.6 is 0 Å². The number of rotatable bonds is 5. The molecular weight excluding hydrogens is 481 g/mol. The second-order valence-electron chi connectivity index (χ2n) is 10.5. The number of nitrogens with one attached hydrogen (secondary N) is 2. The number of nitriles is 1. The first-order chi connectivity index (χ1) is 17.0. The maximum absolute atomic E-state index is 13.9. The lowest BCUT2D eigenvalue weighted by Crippen LogP contribution is -2.42. The van der Waals surface area contributed by atoms with Gasteiger partial charge in [0.1, 0.15) is 17.4 Å². The first-order valence-corrected chi connectivity index (χ1v) is 12.5. The van der Waals surface area contributed by atoms with E-state index in [-0.39, 0.29) is 60.6 Å². The van der Waals surface area contributed by atoms with Gasteiger partial charge in [0, 0.05) is 37.0 Å². The maximum Gasteiger partial charge on any atom is 0.435 e. The van der Waals surface area contributed by atoms with Crippen molar-refractivity contribution in [3.05, 3.63) is 34.8 Å². The van der Waals surface area contributed by atoms with E-state index < -0.39 is 23.7 Å². The number of piperidine rings is 1. The van der Waals surface area contributed by atoms with Gasteiger partial charge in [-0.25, -0.2) is 13.8 Å². The SMILES string of the molecule is N#Cc1cc(C(=O)NCC2CC3CCC(C2)N3)cc2nc(C(F)(F)F)c(CC3CCC(F)(F)CC3)n12. The lowest BCUT2D eigenvalue weighted by atomic mass is 9.83. The van der Waals surface area contributed by atoms with Crippen LogP contribution in [0.2, 0.25) is 0 Å². The quantitative estimate of drug-likeness (QED) is 0.565. The lowest BCUT2D eigenvalue weighted by molar-refractivity contribution is -0.141. The van der Waals surface area contributed by atoms with E-state index in [1.807, 2.05) is 6.07 Å². The van der Waals surface area contributed by atoms with Gasteiger partial charge in [-0.2, -0.15) is 18.4 Å². The second kappa shape index (κ2) is 9.29. The van der Waals surface area contributed by atoms with Crippen molar-refractivity contribution >= 4 is 11.6 Å². The number of carbonyl (C=O) groups is 1. The number of pyridine rings is 1. The summed E-state index contributed by atoms with van der Waals surface area (Å²) in [5.41, 5.74) is -1.58. The van der Waals surface area contributed by atoms with Gasteiger partial charge in [0.05, 0.1) is 5.69 Å². The highest BCUT2D eigenvalue weighted by Gasteiger charge is 2.41. The Kier molecular flexibility index (Phi) is 6.43. The summed E-state index contributed by atoms with van der Waals surface area (Å²) >= 11 is 0. The fraction of sp³-hybridized carbons (Fsp3) is 0.640. The Bertz CT molecular complexity index is 1180. The number of aromatic nitrogens is 2. The van der Waals surface area contributed by atoms with Crippen molar-refractivity contribution in [2.24, 2.45) is 11.8 Å². The largest absolute Gasteiger partial charge is 0.435 e. The molecule has 2 aromatic heterocycles. The summed E-state index contributed by atoms with van der Waals surface area (Å²) in [5.74, 6) is -3.31. The summed E-state index contributed by atoms with van der Waals surface area (Å²) in [5, 5.41) is 16.1. The minimum absolute atomic E-state index is 0.0681. The molecule has 11 heteroatoms. The number of halogens is 5. The zero-order valence-corrected chi connectivity index (χ0v) is 19.7. The maximum atomic E-state index is 13.9. The minimum Gasteiger partial charge on any atom is -0.352 e. The van der Waals surface area contributed by atoms with Crippen LogP contribution in [0.4, 0.5) is 22.0 Å². The van der Waals surface area contributed by atoms with Crippen molar-refractivity contribution in [3.63, 3.8) is 0 Å². The van der Waals surface area contributed by atoms with E-state index in [2.05, 4.69) is 15.6 Å². The predicted octanol–water partition coefficient (Wildman–Crippen LogP) is 4.85. The van der Waals surface area contributed by atoms with Crippen LogP contribution in [0.15, 0.2) is 12.1 Å². The molecule has 2 aliphatic heterocycles. The standard InChI is InChI=1S/C25H28F5N5O/c26-24(27)5-3-14(4-6-24)9-20-22(25(28,29)30)34-21-11-16(10-19(12-31)35(20)21)23(36)32-13-15-7-17-1-2-18(8-15)33-17/h10-11,14-15,17-18,33H,1-9,13H2,(H,32,36). The van der Waals surface area contributed by atoms with Crippen LogP contribution in [0, 0.1) is 23.2 Å². The average molecular weight is 510 g/mol. The smallest absolute Gasteiger partial charge is 0.352 e. The van der Waals surface area contributed by atoms with Gasteiger partial charge < -0.3 is 10.6 Å². The third kappa shape index (κ3) is 5.05. The summed E-state index contributed by atoms with van der Waals surface area (Å²) in [6.07, 6.45) is -1.28. The van der Waals surface area contributed by atoms with Gasteiger partial charge in [0.15, 0.2) is 5.69 Å². The van der Waals surface area contributed by atoms with Gasteiger partial charge >= 0.3 is 6.18 Å².